The maximum absolute atomic E-state index is 4.42. The first-order valence-corrected chi connectivity index (χ1v) is 12.6. The predicted molar refractivity (Wildman–Crippen MR) is 142 cm³/mol. The SMILES string of the molecule is CCC1CCC(CNCC(C)c2ccccc2)CC1.Cc1nc(N(C)C)c2ccccc2n1. The predicted octanol–water partition coefficient (Wildman–Crippen LogP) is 6.60. The van der Waals surface area contributed by atoms with Crippen LogP contribution >= 0.6 is 0 Å². The number of rotatable bonds is 7. The summed E-state index contributed by atoms with van der Waals surface area (Å²) in [6.07, 6.45) is 7.16. The molecule has 0 bridgehead atoms. The Morgan fingerprint density at radius 2 is 1.55 bits per heavy atom. The van der Waals surface area contributed by atoms with E-state index in [1.165, 1.54) is 44.2 Å². The van der Waals surface area contributed by atoms with E-state index >= 15 is 0 Å². The Kier molecular flexibility index (Phi) is 9.68. The Hall–Kier alpha value is -2.46. The summed E-state index contributed by atoms with van der Waals surface area (Å²) in [5.41, 5.74) is 2.45. The second-order valence-electron chi connectivity index (χ2n) is 9.77. The lowest BCUT2D eigenvalue weighted by Gasteiger charge is -2.28. The minimum absolute atomic E-state index is 0.619. The van der Waals surface area contributed by atoms with Crippen LogP contribution in [0.4, 0.5) is 5.82 Å². The second-order valence-corrected chi connectivity index (χ2v) is 9.77. The van der Waals surface area contributed by atoms with E-state index < -0.39 is 0 Å². The van der Waals surface area contributed by atoms with Gasteiger partial charge in [-0.3, -0.25) is 0 Å². The van der Waals surface area contributed by atoms with Crippen LogP contribution in [0.25, 0.3) is 10.9 Å². The molecule has 0 aliphatic heterocycles. The zero-order chi connectivity index (χ0) is 23.6. The maximum atomic E-state index is 4.42. The third-order valence-electron chi connectivity index (χ3n) is 6.91. The van der Waals surface area contributed by atoms with Crippen molar-refractivity contribution in [2.45, 2.75) is 58.8 Å². The van der Waals surface area contributed by atoms with Gasteiger partial charge < -0.3 is 10.2 Å². The van der Waals surface area contributed by atoms with Crippen molar-refractivity contribution in [1.82, 2.24) is 15.3 Å². The molecule has 1 unspecified atom stereocenters. The molecule has 4 heteroatoms. The number of para-hydroxylation sites is 1. The maximum Gasteiger partial charge on any atom is 0.139 e. The van der Waals surface area contributed by atoms with Gasteiger partial charge in [0.05, 0.1) is 5.52 Å². The number of benzene rings is 2. The Bertz CT molecular complexity index is 962. The van der Waals surface area contributed by atoms with E-state index in [9.17, 15) is 0 Å². The molecule has 3 aromatic rings. The van der Waals surface area contributed by atoms with Crippen LogP contribution in [0.3, 0.4) is 0 Å². The molecule has 178 valence electrons. The Morgan fingerprint density at radius 3 is 2.21 bits per heavy atom. The van der Waals surface area contributed by atoms with Crippen molar-refractivity contribution in [3.8, 4) is 0 Å². The summed E-state index contributed by atoms with van der Waals surface area (Å²) < 4.78 is 0. The molecular weight excluding hydrogens is 404 g/mol. The van der Waals surface area contributed by atoms with Crippen molar-refractivity contribution in [2.75, 3.05) is 32.1 Å². The normalized spacial score (nSPS) is 18.9. The molecule has 1 atom stereocenters. The van der Waals surface area contributed by atoms with Gasteiger partial charge in [-0.25, -0.2) is 9.97 Å². The molecule has 1 N–H and O–H groups in total. The monoisotopic (exact) mass is 446 g/mol. The van der Waals surface area contributed by atoms with Crippen LogP contribution in [0.5, 0.6) is 0 Å². The molecule has 4 nitrogen and oxygen atoms in total. The molecule has 1 fully saturated rings. The summed E-state index contributed by atoms with van der Waals surface area (Å²) in [5.74, 6) is 4.35. The molecule has 4 rings (SSSR count). The van der Waals surface area contributed by atoms with Crippen LogP contribution < -0.4 is 10.2 Å². The third-order valence-corrected chi connectivity index (χ3v) is 6.91. The molecule has 0 amide bonds. The smallest absolute Gasteiger partial charge is 0.139 e. The lowest BCUT2D eigenvalue weighted by Crippen LogP contribution is -2.29. The van der Waals surface area contributed by atoms with Crippen LogP contribution in [0, 0.1) is 18.8 Å². The molecule has 1 saturated carbocycles. The van der Waals surface area contributed by atoms with E-state index in [0.29, 0.717) is 5.92 Å². The van der Waals surface area contributed by atoms with Gasteiger partial charge in [0.1, 0.15) is 11.6 Å². The van der Waals surface area contributed by atoms with Crippen molar-refractivity contribution < 1.29 is 0 Å². The first-order chi connectivity index (χ1) is 16.0. The van der Waals surface area contributed by atoms with Gasteiger partial charge >= 0.3 is 0 Å². The number of nitrogens with zero attached hydrogens (tertiary/aromatic N) is 3. The molecule has 1 aliphatic carbocycles. The van der Waals surface area contributed by atoms with Crippen molar-refractivity contribution in [3.05, 3.63) is 66.0 Å². The summed E-state index contributed by atoms with van der Waals surface area (Å²) in [7, 11) is 3.99. The molecule has 0 radical (unpaired) electrons. The fraction of sp³-hybridized carbons (Fsp3) is 0.517. The molecule has 33 heavy (non-hydrogen) atoms. The number of hydrogen-bond acceptors (Lipinski definition) is 4. The highest BCUT2D eigenvalue weighted by atomic mass is 15.1. The largest absolute Gasteiger partial charge is 0.362 e. The van der Waals surface area contributed by atoms with E-state index in [1.807, 2.05) is 50.2 Å². The Morgan fingerprint density at radius 1 is 0.909 bits per heavy atom. The van der Waals surface area contributed by atoms with Crippen LogP contribution in [0.2, 0.25) is 0 Å². The van der Waals surface area contributed by atoms with Gasteiger partial charge in [-0.1, -0.05) is 75.6 Å². The molecule has 1 heterocycles. The summed E-state index contributed by atoms with van der Waals surface area (Å²) in [6, 6.07) is 18.9. The minimum Gasteiger partial charge on any atom is -0.362 e. The fourth-order valence-electron chi connectivity index (χ4n) is 4.76. The van der Waals surface area contributed by atoms with E-state index in [-0.39, 0.29) is 0 Å². The first-order valence-electron chi connectivity index (χ1n) is 12.6. The average Bonchev–Trinajstić information content (AvgIpc) is 2.84. The van der Waals surface area contributed by atoms with Gasteiger partial charge in [0.25, 0.3) is 0 Å². The molecule has 0 spiro atoms. The van der Waals surface area contributed by atoms with Crippen molar-refractivity contribution in [2.24, 2.45) is 11.8 Å². The highest BCUT2D eigenvalue weighted by molar-refractivity contribution is 5.89. The van der Waals surface area contributed by atoms with Gasteiger partial charge in [-0.05, 0) is 61.8 Å². The number of anilines is 1. The van der Waals surface area contributed by atoms with Crippen LogP contribution in [0.15, 0.2) is 54.6 Å². The summed E-state index contributed by atoms with van der Waals surface area (Å²) in [4.78, 5) is 10.8. The van der Waals surface area contributed by atoms with Gasteiger partial charge in [-0.15, -0.1) is 0 Å². The number of fused-ring (bicyclic) bond motifs is 1. The van der Waals surface area contributed by atoms with Crippen molar-refractivity contribution in [1.29, 1.82) is 0 Å². The number of aromatic nitrogens is 2. The first kappa shape index (κ1) is 25.2. The number of nitrogens with one attached hydrogen (secondary N) is 1. The fourth-order valence-corrected chi connectivity index (χ4v) is 4.76. The molecular formula is C29H42N4. The van der Waals surface area contributed by atoms with E-state index in [0.717, 1.165) is 40.9 Å². The van der Waals surface area contributed by atoms with Crippen molar-refractivity contribution in [3.63, 3.8) is 0 Å². The van der Waals surface area contributed by atoms with E-state index in [2.05, 4.69) is 59.5 Å². The van der Waals surface area contributed by atoms with E-state index in [4.69, 9.17) is 0 Å². The zero-order valence-corrected chi connectivity index (χ0v) is 21.2. The Balaban J connectivity index is 0.000000194. The summed E-state index contributed by atoms with van der Waals surface area (Å²) in [5, 5.41) is 4.79. The number of hydrogen-bond donors (Lipinski definition) is 1. The van der Waals surface area contributed by atoms with Gasteiger partial charge in [-0.2, -0.15) is 0 Å². The highest BCUT2D eigenvalue weighted by Gasteiger charge is 2.19. The standard InChI is InChI=1S/C18H29N.C11H13N3/c1-3-16-9-11-17(12-10-16)14-19-13-15(2)18-7-5-4-6-8-18;1-8-12-10-7-5-4-6-9(10)11(13-8)14(2)3/h4-8,15-17,19H,3,9-14H2,1-2H3;4-7H,1-3H3. The molecule has 1 aliphatic rings. The highest BCUT2D eigenvalue weighted by Crippen LogP contribution is 2.30. The van der Waals surface area contributed by atoms with Gasteiger partial charge in [0.2, 0.25) is 0 Å². The van der Waals surface area contributed by atoms with Crippen molar-refractivity contribution >= 4 is 16.7 Å². The molecule has 1 aromatic heterocycles. The lowest BCUT2D eigenvalue weighted by atomic mass is 9.81. The minimum atomic E-state index is 0.619. The van der Waals surface area contributed by atoms with Crippen LogP contribution in [-0.2, 0) is 0 Å². The summed E-state index contributed by atoms with van der Waals surface area (Å²) in [6.45, 7) is 8.89. The van der Waals surface area contributed by atoms with Gasteiger partial charge in [0.15, 0.2) is 0 Å². The number of aryl methyl sites for hydroxylation is 1. The molecule has 0 saturated heterocycles. The molecule has 2 aromatic carbocycles. The van der Waals surface area contributed by atoms with Crippen LogP contribution in [0.1, 0.15) is 63.3 Å². The lowest BCUT2D eigenvalue weighted by molar-refractivity contribution is 0.262. The Labute approximate surface area is 200 Å². The zero-order valence-electron chi connectivity index (χ0n) is 21.2. The third kappa shape index (κ3) is 7.53. The summed E-state index contributed by atoms with van der Waals surface area (Å²) >= 11 is 0. The van der Waals surface area contributed by atoms with Gasteiger partial charge in [0, 0.05) is 26.0 Å². The quantitative estimate of drug-likeness (QED) is 0.444. The van der Waals surface area contributed by atoms with Crippen LogP contribution in [-0.4, -0.2) is 37.2 Å². The topological polar surface area (TPSA) is 41.1 Å². The van der Waals surface area contributed by atoms with E-state index in [1.54, 1.807) is 0 Å². The second kappa shape index (κ2) is 12.7. The average molecular weight is 447 g/mol.